The van der Waals surface area contributed by atoms with Crippen LogP contribution in [0.25, 0.3) is 0 Å². The first-order valence-electron chi connectivity index (χ1n) is 14.9. The fraction of sp³-hybridized carbons (Fsp3) is 0.375. The van der Waals surface area contributed by atoms with Gasteiger partial charge in [-0.1, -0.05) is 58.5 Å². The van der Waals surface area contributed by atoms with Crippen LogP contribution in [0.4, 0.5) is 9.59 Å². The van der Waals surface area contributed by atoms with Crippen molar-refractivity contribution in [3.05, 3.63) is 112 Å². The van der Waals surface area contributed by atoms with Crippen LogP contribution >= 0.6 is 46.4 Å². The topological polar surface area (TPSA) is 151 Å². The number of likely N-dealkylation sites (tertiary alicyclic amines) is 2. The minimum atomic E-state index is -0.417. The predicted molar refractivity (Wildman–Crippen MR) is 179 cm³/mol. The lowest BCUT2D eigenvalue weighted by atomic mass is 9.86. The number of hydrogen-bond acceptors (Lipinski definition) is 8. The van der Waals surface area contributed by atoms with Gasteiger partial charge < -0.3 is 28.3 Å². The summed E-state index contributed by atoms with van der Waals surface area (Å²) in [5.41, 5.74) is 1.02. The number of aromatic nitrogens is 2. The first-order chi connectivity index (χ1) is 23.0. The molecule has 48 heavy (non-hydrogen) atoms. The van der Waals surface area contributed by atoms with Crippen LogP contribution in [0.15, 0.2) is 67.2 Å². The van der Waals surface area contributed by atoms with E-state index in [1.807, 2.05) is 0 Å². The quantitative estimate of drug-likeness (QED) is 0.214. The molecule has 0 bridgehead atoms. The molecule has 2 aliphatic rings. The minimum Gasteiger partial charge on any atom is -0.453 e. The monoisotopic (exact) mass is 740 g/mol. The normalized spacial score (nSPS) is 20.9. The number of methoxy groups -OCH3 is 2. The lowest BCUT2D eigenvalue weighted by Gasteiger charge is -2.38. The Labute approximate surface area is 294 Å². The maximum atomic E-state index is 12.1. The highest BCUT2D eigenvalue weighted by Crippen LogP contribution is 2.43. The predicted octanol–water partition coefficient (Wildman–Crippen LogP) is 7.92. The van der Waals surface area contributed by atoms with Gasteiger partial charge in [-0.3, -0.25) is 9.59 Å². The molecule has 2 fully saturated rings. The first-order valence-corrected chi connectivity index (χ1v) is 16.5. The number of benzene rings is 2. The summed E-state index contributed by atoms with van der Waals surface area (Å²) in [4.78, 5) is 50.2. The minimum absolute atomic E-state index is 0.00148. The molecule has 2 amide bonds. The Bertz CT molecular complexity index is 1740. The summed E-state index contributed by atoms with van der Waals surface area (Å²) in [5, 5.41) is 6.63. The summed E-state index contributed by atoms with van der Waals surface area (Å²) in [6.07, 6.45) is 1.63. The van der Waals surface area contributed by atoms with Gasteiger partial charge in [-0.25, -0.2) is 9.59 Å². The van der Waals surface area contributed by atoms with Gasteiger partial charge in [-0.15, -0.1) is 0 Å². The van der Waals surface area contributed by atoms with Gasteiger partial charge in [0.25, 0.3) is 11.1 Å². The van der Waals surface area contributed by atoms with E-state index in [1.165, 1.54) is 26.4 Å². The summed E-state index contributed by atoms with van der Waals surface area (Å²) in [7, 11) is 2.69. The van der Waals surface area contributed by atoms with E-state index in [9.17, 15) is 19.2 Å². The molecule has 2 aromatic carbocycles. The molecule has 2 saturated heterocycles. The molecule has 0 saturated carbocycles. The zero-order valence-corrected chi connectivity index (χ0v) is 28.9. The van der Waals surface area contributed by atoms with E-state index < -0.39 is 12.2 Å². The molecule has 2 N–H and O–H groups in total. The Hall–Kier alpha value is -3.84. The van der Waals surface area contributed by atoms with Gasteiger partial charge in [0.05, 0.1) is 26.3 Å². The summed E-state index contributed by atoms with van der Waals surface area (Å²) in [5.74, 6) is 1.17. The van der Waals surface area contributed by atoms with E-state index in [-0.39, 0.29) is 35.0 Å². The molecule has 12 nitrogen and oxygen atoms in total. The number of halogens is 4. The van der Waals surface area contributed by atoms with Gasteiger partial charge in [0, 0.05) is 57.1 Å². The number of aromatic amines is 2. The molecule has 2 unspecified atom stereocenters. The van der Waals surface area contributed by atoms with Crippen LogP contribution < -0.4 is 11.1 Å². The van der Waals surface area contributed by atoms with Crippen molar-refractivity contribution in [3.8, 4) is 0 Å². The molecule has 6 rings (SSSR count). The molecule has 4 heterocycles. The maximum absolute atomic E-state index is 12.1. The van der Waals surface area contributed by atoms with E-state index in [2.05, 4.69) is 10.3 Å². The molecule has 2 aromatic heterocycles. The van der Waals surface area contributed by atoms with E-state index in [0.29, 0.717) is 70.4 Å². The van der Waals surface area contributed by atoms with Crippen LogP contribution in [-0.4, -0.2) is 59.6 Å². The zero-order valence-electron chi connectivity index (χ0n) is 25.8. The highest BCUT2D eigenvalue weighted by Gasteiger charge is 2.37. The SMILES string of the molecule is COC(=O)N1CCC(c2cc(=O)[nH]o2)CC1c1ccc(Cl)cc1Cl.COC(=O)N1CC[C@@H](c2cc(=O)[nH]o2)C[C@@H]1c1ccc(Cl)cc1Cl. The lowest BCUT2D eigenvalue weighted by molar-refractivity contribution is 0.0810. The largest absolute Gasteiger partial charge is 0.453 e. The number of hydrogen-bond donors (Lipinski definition) is 2. The Balaban J connectivity index is 0.000000188. The van der Waals surface area contributed by atoms with Crippen LogP contribution in [0.5, 0.6) is 0 Å². The third-order valence-corrected chi connectivity index (χ3v) is 9.68. The molecule has 2 aliphatic heterocycles. The fourth-order valence-electron chi connectivity index (χ4n) is 6.25. The number of carbonyl (C=O) groups is 2. The first kappa shape index (κ1) is 35.5. The van der Waals surface area contributed by atoms with Crippen molar-refractivity contribution < 1.29 is 28.1 Å². The summed E-state index contributed by atoms with van der Waals surface area (Å²) >= 11 is 24.6. The van der Waals surface area contributed by atoms with Gasteiger partial charge in [-0.05, 0) is 61.1 Å². The Morgan fingerprint density at radius 1 is 0.688 bits per heavy atom. The summed E-state index contributed by atoms with van der Waals surface area (Å²) in [6.45, 7) is 0.936. The number of piperidine rings is 2. The van der Waals surface area contributed by atoms with E-state index >= 15 is 0 Å². The van der Waals surface area contributed by atoms with Crippen LogP contribution in [0.3, 0.4) is 0 Å². The van der Waals surface area contributed by atoms with Crippen molar-refractivity contribution in [2.24, 2.45) is 0 Å². The van der Waals surface area contributed by atoms with E-state index in [0.717, 1.165) is 11.1 Å². The highest BCUT2D eigenvalue weighted by atomic mass is 35.5. The summed E-state index contributed by atoms with van der Waals surface area (Å²) in [6, 6.07) is 12.7. The van der Waals surface area contributed by atoms with Crippen LogP contribution in [0.1, 0.15) is 72.3 Å². The van der Waals surface area contributed by atoms with Gasteiger partial charge in [0.1, 0.15) is 11.5 Å². The van der Waals surface area contributed by atoms with Crippen molar-refractivity contribution in [2.75, 3.05) is 27.3 Å². The Kier molecular flexibility index (Phi) is 11.5. The maximum Gasteiger partial charge on any atom is 0.409 e. The molecular weight excluding hydrogens is 710 g/mol. The molecule has 16 heteroatoms. The van der Waals surface area contributed by atoms with Gasteiger partial charge in [-0.2, -0.15) is 10.3 Å². The number of carbonyl (C=O) groups excluding carboxylic acids is 2. The molecule has 0 aliphatic carbocycles. The van der Waals surface area contributed by atoms with Crippen molar-refractivity contribution in [1.29, 1.82) is 0 Å². The number of nitrogens with one attached hydrogen (secondary N) is 2. The second-order valence-electron chi connectivity index (χ2n) is 11.4. The number of rotatable bonds is 4. The smallest absolute Gasteiger partial charge is 0.409 e. The third-order valence-electron chi connectivity index (χ3n) is 8.56. The third kappa shape index (κ3) is 8.06. The van der Waals surface area contributed by atoms with E-state index in [4.69, 9.17) is 64.9 Å². The van der Waals surface area contributed by atoms with Gasteiger partial charge in [0.2, 0.25) is 0 Å². The molecule has 0 radical (unpaired) electrons. The molecule has 0 spiro atoms. The van der Waals surface area contributed by atoms with Crippen molar-refractivity contribution in [2.45, 2.75) is 49.6 Å². The van der Waals surface area contributed by atoms with Crippen molar-refractivity contribution in [1.82, 2.24) is 20.1 Å². The molecule has 4 aromatic rings. The highest BCUT2D eigenvalue weighted by molar-refractivity contribution is 6.35. The zero-order chi connectivity index (χ0) is 34.5. The number of ether oxygens (including phenoxy) is 2. The molecule has 256 valence electrons. The van der Waals surface area contributed by atoms with Crippen LogP contribution in [0, 0.1) is 0 Å². The van der Waals surface area contributed by atoms with Crippen molar-refractivity contribution in [3.63, 3.8) is 0 Å². The molecule has 4 atom stereocenters. The molecular formula is C32H32Cl4N4O8. The number of amides is 2. The Morgan fingerprint density at radius 3 is 1.40 bits per heavy atom. The number of nitrogens with zero attached hydrogens (tertiary/aromatic N) is 2. The standard InChI is InChI=1S/2C16H16Cl2N2O4/c2*1-23-16(22)20-5-4-9(14-8-15(21)19-24-14)6-13(20)11-3-2-10(17)7-12(11)18/h2*2-3,7-9,13H,4-6H2,1H3,(H,19,21)/t9-,13-;/m1./s1. The van der Waals surface area contributed by atoms with Gasteiger partial charge >= 0.3 is 12.2 Å². The average molecular weight is 742 g/mol. The van der Waals surface area contributed by atoms with E-state index in [1.54, 1.807) is 46.2 Å². The van der Waals surface area contributed by atoms with Crippen molar-refractivity contribution >= 4 is 58.6 Å². The van der Waals surface area contributed by atoms with Gasteiger partial charge in [0.15, 0.2) is 0 Å². The van der Waals surface area contributed by atoms with Crippen LogP contribution in [0.2, 0.25) is 20.1 Å². The second-order valence-corrected chi connectivity index (χ2v) is 13.1. The fourth-order valence-corrected chi connectivity index (χ4v) is 7.32. The van der Waals surface area contributed by atoms with Crippen LogP contribution in [-0.2, 0) is 9.47 Å². The summed E-state index contributed by atoms with van der Waals surface area (Å²) < 4.78 is 20.2. The lowest BCUT2D eigenvalue weighted by Crippen LogP contribution is -2.40. The average Bonchev–Trinajstić information content (AvgIpc) is 3.72. The second kappa shape index (κ2) is 15.6. The Morgan fingerprint density at radius 2 is 1.08 bits per heavy atom. The number of H-pyrrole nitrogens is 2.